The van der Waals surface area contributed by atoms with Crippen molar-refractivity contribution in [2.24, 2.45) is 7.05 Å². The predicted molar refractivity (Wildman–Crippen MR) is 99.7 cm³/mol. The number of hydrogen-bond donors (Lipinski definition) is 2. The fraction of sp³-hybridized carbons (Fsp3) is 0.167. The van der Waals surface area contributed by atoms with Crippen LogP contribution >= 0.6 is 11.6 Å². The van der Waals surface area contributed by atoms with Gasteiger partial charge in [0.1, 0.15) is 0 Å². The van der Waals surface area contributed by atoms with Gasteiger partial charge in [0.15, 0.2) is 11.4 Å². The molecule has 0 aliphatic carbocycles. The minimum atomic E-state index is -0.789. The number of nitro groups is 1. The van der Waals surface area contributed by atoms with Crippen molar-refractivity contribution in [1.82, 2.24) is 4.57 Å². The lowest BCUT2D eigenvalue weighted by Gasteiger charge is -2.13. The molecule has 0 spiro atoms. The van der Waals surface area contributed by atoms with Crippen molar-refractivity contribution in [3.05, 3.63) is 62.1 Å². The van der Waals surface area contributed by atoms with Gasteiger partial charge in [0, 0.05) is 37.4 Å². The number of pyridine rings is 1. The first kappa shape index (κ1) is 18.5. The maximum Gasteiger partial charge on any atom is 0.315 e. The number of nitrogens with zero attached hydrogens (tertiary/aromatic N) is 3. The summed E-state index contributed by atoms with van der Waals surface area (Å²) in [5, 5.41) is 42.8. The van der Waals surface area contributed by atoms with Crippen molar-refractivity contribution in [2.75, 3.05) is 0 Å². The van der Waals surface area contributed by atoms with E-state index >= 15 is 0 Å². The Balaban J connectivity index is 2.22. The highest BCUT2D eigenvalue weighted by Gasteiger charge is 2.24. The van der Waals surface area contributed by atoms with Crippen LogP contribution in [0.5, 0.6) is 11.5 Å². The first-order valence-electron chi connectivity index (χ1n) is 7.89. The minimum Gasteiger partial charge on any atom is -0.617 e. The predicted octanol–water partition coefficient (Wildman–Crippen LogP) is 3.58. The van der Waals surface area contributed by atoms with Crippen molar-refractivity contribution >= 4 is 17.3 Å². The topological polar surface area (TPSA) is 115 Å². The summed E-state index contributed by atoms with van der Waals surface area (Å²) in [6.07, 6.45) is 0. The van der Waals surface area contributed by atoms with E-state index in [2.05, 4.69) is 0 Å². The fourth-order valence-corrected chi connectivity index (χ4v) is 3.49. The van der Waals surface area contributed by atoms with E-state index < -0.39 is 22.1 Å². The lowest BCUT2D eigenvalue weighted by molar-refractivity contribution is -0.609. The Morgan fingerprint density at radius 3 is 2.41 bits per heavy atom. The van der Waals surface area contributed by atoms with Crippen LogP contribution in [0.1, 0.15) is 11.3 Å². The number of aromatic nitrogens is 2. The van der Waals surface area contributed by atoms with Crippen molar-refractivity contribution in [1.29, 1.82) is 0 Å². The van der Waals surface area contributed by atoms with Crippen LogP contribution < -0.4 is 4.73 Å². The Morgan fingerprint density at radius 2 is 1.78 bits per heavy atom. The fourth-order valence-electron chi connectivity index (χ4n) is 3.11. The maximum absolute atomic E-state index is 12.1. The molecule has 3 rings (SSSR count). The minimum absolute atomic E-state index is 0.0276. The molecule has 0 fully saturated rings. The van der Waals surface area contributed by atoms with Crippen LogP contribution in [0, 0.1) is 29.2 Å². The quantitative estimate of drug-likeness (QED) is 0.177. The van der Waals surface area contributed by atoms with Gasteiger partial charge in [-0.05, 0) is 42.3 Å². The van der Waals surface area contributed by atoms with Crippen LogP contribution in [-0.4, -0.2) is 19.7 Å². The zero-order valence-corrected chi connectivity index (χ0v) is 15.5. The van der Waals surface area contributed by atoms with Gasteiger partial charge >= 0.3 is 5.69 Å². The molecule has 0 saturated carbocycles. The number of benzene rings is 1. The van der Waals surface area contributed by atoms with Gasteiger partial charge in [-0.15, -0.1) is 0 Å². The molecule has 0 radical (unpaired) electrons. The summed E-state index contributed by atoms with van der Waals surface area (Å²) in [6, 6.07) is 7.55. The van der Waals surface area contributed by atoms with Crippen molar-refractivity contribution in [3.8, 4) is 34.0 Å². The third kappa shape index (κ3) is 2.93. The summed E-state index contributed by atoms with van der Waals surface area (Å²) in [6.45, 7) is 3.49. The molecule has 1 aromatic carbocycles. The number of rotatable bonds is 3. The first-order valence-corrected chi connectivity index (χ1v) is 8.27. The van der Waals surface area contributed by atoms with Gasteiger partial charge < -0.3 is 20.0 Å². The van der Waals surface area contributed by atoms with Crippen LogP contribution in [0.3, 0.4) is 0 Å². The summed E-state index contributed by atoms with van der Waals surface area (Å²) in [4.78, 5) is 10.3. The molecule has 0 bridgehead atoms. The monoisotopic (exact) mass is 389 g/mol. The van der Waals surface area contributed by atoms with Gasteiger partial charge in [-0.25, -0.2) is 0 Å². The van der Waals surface area contributed by atoms with Crippen LogP contribution in [0.25, 0.3) is 22.5 Å². The van der Waals surface area contributed by atoms with Crippen molar-refractivity contribution < 1.29 is 19.9 Å². The Bertz CT molecular complexity index is 1090. The molecule has 2 aromatic heterocycles. The average Bonchev–Trinajstić information content (AvgIpc) is 2.96. The Hall–Kier alpha value is -3.26. The lowest BCUT2D eigenvalue weighted by atomic mass is 10.1. The molecule has 27 heavy (non-hydrogen) atoms. The summed E-state index contributed by atoms with van der Waals surface area (Å²) in [7, 11) is 1.71. The second kappa shape index (κ2) is 6.48. The summed E-state index contributed by atoms with van der Waals surface area (Å²) >= 11 is 6.25. The van der Waals surface area contributed by atoms with Crippen LogP contribution in [0.2, 0.25) is 5.15 Å². The number of halogens is 1. The molecule has 0 aliphatic heterocycles. The van der Waals surface area contributed by atoms with Crippen molar-refractivity contribution in [2.45, 2.75) is 13.8 Å². The number of aryl methyl sites for hydroxylation is 2. The van der Waals surface area contributed by atoms with E-state index in [1.54, 1.807) is 36.7 Å². The third-order valence-electron chi connectivity index (χ3n) is 4.46. The van der Waals surface area contributed by atoms with Crippen LogP contribution in [0.15, 0.2) is 30.3 Å². The van der Waals surface area contributed by atoms with Gasteiger partial charge in [0.05, 0.1) is 16.2 Å². The second-order valence-electron chi connectivity index (χ2n) is 6.21. The first-order chi connectivity index (χ1) is 12.6. The van der Waals surface area contributed by atoms with Gasteiger partial charge in [-0.2, -0.15) is 4.73 Å². The molecule has 0 unspecified atom stereocenters. The normalized spacial score (nSPS) is 11.0. The molecular formula is C18H16ClN3O5. The third-order valence-corrected chi connectivity index (χ3v) is 4.81. The Morgan fingerprint density at radius 1 is 1.15 bits per heavy atom. The smallest absolute Gasteiger partial charge is 0.315 e. The molecular weight excluding hydrogens is 374 g/mol. The van der Waals surface area contributed by atoms with Gasteiger partial charge in [0.2, 0.25) is 5.75 Å². The molecule has 0 atom stereocenters. The molecule has 140 valence electrons. The number of phenols is 2. The standard InChI is InChI=1S/C18H16ClN3O5/c1-9-6-10(2)21(25)18(19)16(9)13-5-4-12(20(13)3)11-7-14(22(26)27)17(24)15(23)8-11/h4-8,23-24H,1-3H3. The number of hydrogen-bond acceptors (Lipinski definition) is 5. The molecule has 9 heteroatoms. The average molecular weight is 390 g/mol. The molecule has 2 N–H and O–H groups in total. The van der Waals surface area contributed by atoms with E-state index in [1.807, 2.05) is 6.92 Å². The highest BCUT2D eigenvalue weighted by Crippen LogP contribution is 2.41. The summed E-state index contributed by atoms with van der Waals surface area (Å²) in [5.74, 6) is -1.38. The molecule has 0 aliphatic rings. The van der Waals surface area contributed by atoms with Gasteiger partial charge in [-0.1, -0.05) is 0 Å². The second-order valence-corrected chi connectivity index (χ2v) is 6.57. The molecule has 2 heterocycles. The van der Waals surface area contributed by atoms with Crippen LogP contribution in [-0.2, 0) is 7.05 Å². The zero-order chi connectivity index (χ0) is 20.0. The van der Waals surface area contributed by atoms with E-state index in [1.165, 1.54) is 12.1 Å². The maximum atomic E-state index is 12.1. The molecule has 0 amide bonds. The van der Waals surface area contributed by atoms with E-state index in [0.29, 0.717) is 32.9 Å². The van der Waals surface area contributed by atoms with Gasteiger partial charge in [-0.3, -0.25) is 10.1 Å². The number of nitro benzene ring substituents is 1. The van der Waals surface area contributed by atoms with E-state index in [0.717, 1.165) is 5.56 Å². The van der Waals surface area contributed by atoms with E-state index in [-0.39, 0.29) is 5.15 Å². The number of aromatic hydroxyl groups is 2. The van der Waals surface area contributed by atoms with E-state index in [4.69, 9.17) is 11.6 Å². The molecule has 0 saturated heterocycles. The summed E-state index contributed by atoms with van der Waals surface area (Å²) < 4.78 is 2.34. The largest absolute Gasteiger partial charge is 0.617 e. The van der Waals surface area contributed by atoms with Crippen LogP contribution in [0.4, 0.5) is 5.69 Å². The SMILES string of the molecule is Cc1cc(C)[n+]([O-])c(Cl)c1-c1ccc(-c2cc(O)c(O)c([N+](=O)[O-])c2)n1C. The van der Waals surface area contributed by atoms with Gasteiger partial charge in [0.25, 0.3) is 5.15 Å². The highest BCUT2D eigenvalue weighted by molar-refractivity contribution is 6.31. The Kier molecular flexibility index (Phi) is 4.44. The van der Waals surface area contributed by atoms with Crippen molar-refractivity contribution in [3.63, 3.8) is 0 Å². The highest BCUT2D eigenvalue weighted by atomic mass is 35.5. The zero-order valence-electron chi connectivity index (χ0n) is 14.7. The molecule has 3 aromatic rings. The Labute approximate surface area is 159 Å². The number of phenolic OH excluding ortho intramolecular Hbond substituents is 2. The summed E-state index contributed by atoms with van der Waals surface area (Å²) in [5.41, 5.74) is 2.72. The molecule has 8 nitrogen and oxygen atoms in total. The lowest BCUT2D eigenvalue weighted by Crippen LogP contribution is -2.32. The van der Waals surface area contributed by atoms with E-state index in [9.17, 15) is 25.5 Å².